The number of hydrogen-bond acceptors (Lipinski definition) is 3. The normalized spacial score (nSPS) is 11.2. The quantitative estimate of drug-likeness (QED) is 0.0292. The van der Waals surface area contributed by atoms with Gasteiger partial charge in [-0.05, 0) is 19.3 Å². The van der Waals surface area contributed by atoms with Crippen LogP contribution in [0, 0.1) is 0 Å². The molecule has 6 nitrogen and oxygen atoms in total. The van der Waals surface area contributed by atoms with Crippen LogP contribution in [0.4, 0.5) is 5.69 Å². The first kappa shape index (κ1) is 49.9. The van der Waals surface area contributed by atoms with Crippen LogP contribution in [-0.4, -0.2) is 70.5 Å². The first-order chi connectivity index (χ1) is 26.4. The minimum Gasteiger partial charge on any atom is -0.489 e. The molecule has 0 saturated carbocycles. The number of benzene rings is 1. The molecule has 0 spiro atoms. The Kier molecular flexibility index (Phi) is 32.6. The van der Waals surface area contributed by atoms with E-state index in [2.05, 4.69) is 82.5 Å². The van der Waals surface area contributed by atoms with E-state index < -0.39 is 0 Å². The lowest BCUT2D eigenvalue weighted by Crippen LogP contribution is -2.43. The van der Waals surface area contributed by atoms with Crippen LogP contribution in [0.25, 0.3) is 0 Å². The zero-order valence-electron chi connectivity index (χ0n) is 37.6. The molecule has 0 aliphatic rings. The summed E-state index contributed by atoms with van der Waals surface area (Å²) in [6, 6.07) is 4.34. The maximum absolute atomic E-state index is 6.64. The topological polar surface area (TPSA) is 37.2 Å². The van der Waals surface area contributed by atoms with Crippen LogP contribution in [0.5, 0.6) is 17.2 Å². The lowest BCUT2D eigenvalue weighted by atomic mass is 10.1. The molecule has 316 valence electrons. The van der Waals surface area contributed by atoms with E-state index in [-0.39, 0.29) is 0 Å². The second-order valence-electron chi connectivity index (χ2n) is 16.5. The summed E-state index contributed by atoms with van der Waals surface area (Å²) in [4.78, 5) is 4.39. The fourth-order valence-corrected chi connectivity index (χ4v) is 7.54. The average molecular weight is 759 g/mol. The summed E-state index contributed by atoms with van der Waals surface area (Å²) in [5, 5.41) is 0. The van der Waals surface area contributed by atoms with E-state index in [0.29, 0.717) is 19.8 Å². The molecule has 1 rings (SSSR count). The van der Waals surface area contributed by atoms with E-state index in [0.717, 1.165) is 48.2 Å². The van der Waals surface area contributed by atoms with Gasteiger partial charge < -0.3 is 14.2 Å². The maximum atomic E-state index is 6.64. The molecule has 0 saturated heterocycles. The third kappa shape index (κ3) is 25.1. The molecule has 1 aromatic rings. The molecule has 0 aromatic heterocycles. The number of rotatable bonds is 37. The van der Waals surface area contributed by atoms with E-state index in [1.54, 1.807) is 0 Å². The van der Waals surface area contributed by atoms with Gasteiger partial charge in [-0.3, -0.25) is 9.48 Å². The summed E-state index contributed by atoms with van der Waals surface area (Å²) in [5.41, 5.74) is 1.05. The van der Waals surface area contributed by atoms with Crippen LogP contribution in [0.3, 0.4) is 0 Å². The van der Waals surface area contributed by atoms with Crippen molar-refractivity contribution in [1.29, 1.82) is 0 Å². The zero-order chi connectivity index (χ0) is 39.5. The molecule has 1 aromatic carbocycles. The molecular formula is C48H92N3O3+. The van der Waals surface area contributed by atoms with Gasteiger partial charge in [0.2, 0.25) is 5.75 Å². The number of unbranched alkanes of at least 4 members (excludes halogenated alkanes) is 27. The minimum absolute atomic E-state index is 0.696. The number of hydrogen-bond donors (Lipinski definition) is 0. The fourth-order valence-electron chi connectivity index (χ4n) is 7.54. The van der Waals surface area contributed by atoms with E-state index in [1.165, 1.54) is 173 Å². The Bertz CT molecular complexity index is 975. The van der Waals surface area contributed by atoms with E-state index >= 15 is 0 Å². The summed E-state index contributed by atoms with van der Waals surface area (Å²) in [6.07, 6.45) is 39.5. The Hall–Kier alpha value is -2.11. The van der Waals surface area contributed by atoms with Crippen molar-refractivity contribution < 1.29 is 18.8 Å². The van der Waals surface area contributed by atoms with Crippen molar-refractivity contribution in [3.8, 4) is 17.2 Å². The number of nitrogens with zero attached hydrogens (tertiary/aromatic N) is 3. The summed E-state index contributed by atoms with van der Waals surface area (Å²) in [5.74, 6) is 3.52. The van der Waals surface area contributed by atoms with Crippen LogP contribution in [0.15, 0.2) is 12.1 Å². The average Bonchev–Trinajstić information content (AvgIpc) is 3.15. The largest absolute Gasteiger partial charge is 0.489 e. The Balaban J connectivity index is 2.96. The van der Waals surface area contributed by atoms with Crippen molar-refractivity contribution in [2.75, 3.05) is 60.0 Å². The lowest BCUT2D eigenvalue weighted by molar-refractivity contribution is -0.470. The highest BCUT2D eigenvalue weighted by molar-refractivity contribution is 5.92. The van der Waals surface area contributed by atoms with Crippen molar-refractivity contribution in [2.24, 2.45) is 0 Å². The van der Waals surface area contributed by atoms with Gasteiger partial charge in [0, 0.05) is 12.1 Å². The van der Waals surface area contributed by atoms with Crippen molar-refractivity contribution in [2.45, 2.75) is 213 Å². The second-order valence-corrected chi connectivity index (χ2v) is 16.5. The van der Waals surface area contributed by atoms with Crippen molar-refractivity contribution in [3.63, 3.8) is 0 Å². The molecule has 0 aliphatic carbocycles. The van der Waals surface area contributed by atoms with Gasteiger partial charge in [-0.15, -0.1) is 0 Å². The molecule has 6 heteroatoms. The van der Waals surface area contributed by atoms with Gasteiger partial charge in [0.15, 0.2) is 11.5 Å². The van der Waals surface area contributed by atoms with E-state index in [1.807, 2.05) is 0 Å². The summed E-state index contributed by atoms with van der Waals surface area (Å²) in [6.45, 7) is 8.98. The first-order valence-corrected chi connectivity index (χ1v) is 23.4. The molecular weight excluding hydrogens is 667 g/mol. The Labute approximate surface area is 337 Å². The molecule has 0 fully saturated rings. The lowest BCUT2D eigenvalue weighted by Gasteiger charge is -2.24. The molecule has 0 bridgehead atoms. The molecule has 0 unspecified atom stereocenters. The Morgan fingerprint density at radius 2 is 0.704 bits per heavy atom. The predicted octanol–water partition coefficient (Wildman–Crippen LogP) is 14.2. The summed E-state index contributed by atoms with van der Waals surface area (Å²) in [7, 11) is 10.5. The van der Waals surface area contributed by atoms with Crippen molar-refractivity contribution in [1.82, 2.24) is 4.90 Å². The minimum atomic E-state index is 0.696. The Morgan fingerprint density at radius 1 is 0.426 bits per heavy atom. The molecule has 0 atom stereocenters. The van der Waals surface area contributed by atoms with Gasteiger partial charge in [-0.2, -0.15) is 0 Å². The third-order valence-electron chi connectivity index (χ3n) is 10.7. The van der Waals surface area contributed by atoms with E-state index in [4.69, 9.17) is 14.2 Å². The Morgan fingerprint density at radius 3 is 0.981 bits per heavy atom. The second kappa shape index (κ2) is 35.3. The van der Waals surface area contributed by atoms with E-state index in [9.17, 15) is 0 Å². The molecule has 0 aliphatic heterocycles. The van der Waals surface area contributed by atoms with Gasteiger partial charge in [0.05, 0.1) is 55.1 Å². The number of anilines is 1. The van der Waals surface area contributed by atoms with Crippen molar-refractivity contribution >= 4 is 11.6 Å². The third-order valence-corrected chi connectivity index (χ3v) is 10.7. The summed E-state index contributed by atoms with van der Waals surface area (Å²) >= 11 is 0. The molecule has 0 heterocycles. The van der Waals surface area contributed by atoms with Crippen LogP contribution in [0.2, 0.25) is 0 Å². The number of guanidine groups is 1. The van der Waals surface area contributed by atoms with Gasteiger partial charge in [0.25, 0.3) is 0 Å². The fraction of sp³-hybridized carbons (Fsp3) is 0.854. The monoisotopic (exact) mass is 759 g/mol. The molecule has 0 radical (unpaired) electrons. The first-order valence-electron chi connectivity index (χ1n) is 23.4. The SMILES string of the molecule is CCCCCCCCCCCCOc1cc(N(C)C(N(C)C)=[N+](C)C)cc(OCCCCCCCCCCCC)c1OCCCCCCCCCCCC. The van der Waals surface area contributed by atoms with Crippen LogP contribution < -0.4 is 19.1 Å². The van der Waals surface area contributed by atoms with Gasteiger partial charge in [-0.1, -0.05) is 194 Å². The molecule has 0 N–H and O–H groups in total. The highest BCUT2D eigenvalue weighted by Gasteiger charge is 2.25. The standard InChI is InChI=1S/C48H92N3O3/c1-9-12-15-18-21-24-27-30-33-36-39-52-45-42-44(51(8)48(49(4)5)50(6)7)43-46(53-40-37-34-31-28-25-22-19-16-13-10-2)47(45)54-41-38-35-32-29-26-23-20-17-14-11-3/h42-43H,9-41H2,1-8H3/q+1. The zero-order valence-corrected chi connectivity index (χ0v) is 37.6. The van der Waals surface area contributed by atoms with Gasteiger partial charge >= 0.3 is 5.96 Å². The highest BCUT2D eigenvalue weighted by atomic mass is 16.5. The van der Waals surface area contributed by atoms with Crippen LogP contribution >= 0.6 is 0 Å². The summed E-state index contributed by atoms with van der Waals surface area (Å²) < 4.78 is 22.1. The highest BCUT2D eigenvalue weighted by Crippen LogP contribution is 2.42. The molecule has 54 heavy (non-hydrogen) atoms. The van der Waals surface area contributed by atoms with Gasteiger partial charge in [-0.25, -0.2) is 4.90 Å². The van der Waals surface area contributed by atoms with Crippen LogP contribution in [-0.2, 0) is 0 Å². The smallest absolute Gasteiger partial charge is 0.354 e. The predicted molar refractivity (Wildman–Crippen MR) is 238 cm³/mol. The molecule has 0 amide bonds. The van der Waals surface area contributed by atoms with Gasteiger partial charge in [0.1, 0.15) is 5.69 Å². The van der Waals surface area contributed by atoms with Crippen molar-refractivity contribution in [3.05, 3.63) is 12.1 Å². The maximum Gasteiger partial charge on any atom is 0.354 e. The van der Waals surface area contributed by atoms with Crippen LogP contribution in [0.1, 0.15) is 213 Å². The number of ether oxygens (including phenoxy) is 3.